The van der Waals surface area contributed by atoms with Crippen LogP contribution in [0.4, 0.5) is 14.5 Å². The van der Waals surface area contributed by atoms with Gasteiger partial charge in [-0.2, -0.15) is 8.78 Å². The number of amides is 1. The van der Waals surface area contributed by atoms with Crippen LogP contribution in [-0.4, -0.2) is 57.0 Å². The summed E-state index contributed by atoms with van der Waals surface area (Å²) in [6.07, 6.45) is 1.02. The van der Waals surface area contributed by atoms with Gasteiger partial charge in [0.15, 0.2) is 9.84 Å². The maximum absolute atomic E-state index is 13.1. The zero-order valence-electron chi connectivity index (χ0n) is 18.2. The summed E-state index contributed by atoms with van der Waals surface area (Å²) in [5.41, 5.74) is 0.732. The van der Waals surface area contributed by atoms with Crippen LogP contribution in [0.15, 0.2) is 36.5 Å². The molecule has 0 saturated heterocycles. The van der Waals surface area contributed by atoms with E-state index in [4.69, 9.17) is 4.74 Å². The van der Waals surface area contributed by atoms with Crippen molar-refractivity contribution in [3.05, 3.63) is 47.8 Å². The second kappa shape index (κ2) is 10.4. The van der Waals surface area contributed by atoms with Crippen molar-refractivity contribution in [1.82, 2.24) is 15.6 Å². The molecule has 0 fully saturated rings. The topological polar surface area (TPSA) is 119 Å². The molecule has 1 aliphatic rings. The van der Waals surface area contributed by atoms with Crippen molar-refractivity contribution in [2.45, 2.75) is 31.0 Å². The molecule has 2 aromatic rings. The van der Waals surface area contributed by atoms with E-state index in [2.05, 4.69) is 25.7 Å². The largest absolute Gasteiger partial charge is 0.492 e. The van der Waals surface area contributed by atoms with E-state index in [1.54, 1.807) is 32.0 Å². The van der Waals surface area contributed by atoms with Crippen LogP contribution in [0.1, 0.15) is 29.9 Å². The van der Waals surface area contributed by atoms with Crippen LogP contribution in [0.3, 0.4) is 0 Å². The van der Waals surface area contributed by atoms with E-state index >= 15 is 0 Å². The number of alkyl halides is 2. The van der Waals surface area contributed by atoms with Crippen molar-refractivity contribution in [3.8, 4) is 11.5 Å². The number of halogens is 2. The van der Waals surface area contributed by atoms with Gasteiger partial charge in [-0.15, -0.1) is 0 Å². The first-order valence-corrected chi connectivity index (χ1v) is 11.8. The number of aromatic nitrogens is 1. The molecule has 0 atom stereocenters. The van der Waals surface area contributed by atoms with Crippen LogP contribution < -0.4 is 25.4 Å². The van der Waals surface area contributed by atoms with Crippen LogP contribution >= 0.6 is 0 Å². The fourth-order valence-corrected chi connectivity index (χ4v) is 4.42. The van der Waals surface area contributed by atoms with Crippen molar-refractivity contribution in [3.63, 3.8) is 0 Å². The van der Waals surface area contributed by atoms with E-state index < -0.39 is 27.1 Å². The second-order valence-electron chi connectivity index (χ2n) is 8.01. The molecule has 1 amide bonds. The van der Waals surface area contributed by atoms with Gasteiger partial charge in [-0.05, 0) is 44.2 Å². The molecule has 0 aliphatic carbocycles. The van der Waals surface area contributed by atoms with Crippen LogP contribution in [0.25, 0.3) is 0 Å². The van der Waals surface area contributed by atoms with Gasteiger partial charge < -0.3 is 25.4 Å². The number of anilines is 1. The molecule has 1 aliphatic heterocycles. The summed E-state index contributed by atoms with van der Waals surface area (Å²) in [4.78, 5) is 16.3. The SMILES string of the molecule is CC1(C)CNCNCCOc2ccc(NC(=O)c3ccc(OC(F)F)cn3)cc2CS1(=O)=O. The van der Waals surface area contributed by atoms with Gasteiger partial charge in [0, 0.05) is 31.0 Å². The Morgan fingerprint density at radius 2 is 2.03 bits per heavy atom. The number of sulfone groups is 1. The van der Waals surface area contributed by atoms with Gasteiger partial charge in [0.1, 0.15) is 23.8 Å². The van der Waals surface area contributed by atoms with Gasteiger partial charge in [-0.1, -0.05) is 0 Å². The molecule has 0 saturated carbocycles. The van der Waals surface area contributed by atoms with Gasteiger partial charge in [0.25, 0.3) is 5.91 Å². The third kappa shape index (κ3) is 6.59. The van der Waals surface area contributed by atoms with Crippen LogP contribution in [-0.2, 0) is 15.6 Å². The molecule has 2 heterocycles. The summed E-state index contributed by atoms with van der Waals surface area (Å²) < 4.78 is 59.6. The van der Waals surface area contributed by atoms with Crippen LogP contribution in [0.2, 0.25) is 0 Å². The molecule has 180 valence electrons. The Kier molecular flexibility index (Phi) is 7.82. The predicted molar refractivity (Wildman–Crippen MR) is 118 cm³/mol. The normalized spacial score (nSPS) is 18.2. The minimum atomic E-state index is -3.58. The first-order chi connectivity index (χ1) is 15.6. The van der Waals surface area contributed by atoms with Gasteiger partial charge in [0.2, 0.25) is 0 Å². The molecule has 0 unspecified atom stereocenters. The van der Waals surface area contributed by atoms with E-state index in [9.17, 15) is 22.0 Å². The number of benzene rings is 1. The fourth-order valence-electron chi connectivity index (χ4n) is 3.08. The minimum absolute atomic E-state index is 0.0217. The van der Waals surface area contributed by atoms with Crippen LogP contribution in [0, 0.1) is 0 Å². The maximum atomic E-state index is 13.1. The molecule has 3 N–H and O–H groups in total. The highest BCUT2D eigenvalue weighted by Gasteiger charge is 2.35. The van der Waals surface area contributed by atoms with E-state index in [1.165, 1.54) is 12.1 Å². The number of rotatable bonds is 4. The lowest BCUT2D eigenvalue weighted by Crippen LogP contribution is -2.46. The lowest BCUT2D eigenvalue weighted by atomic mass is 10.2. The van der Waals surface area contributed by atoms with Crippen molar-refractivity contribution >= 4 is 21.4 Å². The third-order valence-corrected chi connectivity index (χ3v) is 7.56. The van der Waals surface area contributed by atoms with Gasteiger partial charge in [-0.25, -0.2) is 13.4 Å². The molecular weight excluding hydrogens is 458 g/mol. The van der Waals surface area contributed by atoms with Gasteiger partial charge in [0.05, 0.1) is 16.7 Å². The lowest BCUT2D eigenvalue weighted by molar-refractivity contribution is -0.0500. The van der Waals surface area contributed by atoms with Crippen LogP contribution in [0.5, 0.6) is 11.5 Å². The Morgan fingerprint density at radius 3 is 2.73 bits per heavy atom. The predicted octanol–water partition coefficient (Wildman–Crippen LogP) is 2.16. The average Bonchev–Trinajstić information content (AvgIpc) is 2.73. The summed E-state index contributed by atoms with van der Waals surface area (Å²) in [7, 11) is -3.58. The Hall–Kier alpha value is -2.83. The van der Waals surface area contributed by atoms with Crippen molar-refractivity contribution < 1.29 is 31.5 Å². The summed E-state index contributed by atoms with van der Waals surface area (Å²) in [6, 6.07) is 7.18. The standard InChI is InChI=1S/C21H26F2N4O5S/c1-21(2)12-25-13-24-7-8-31-18-6-3-15(9-14(18)11-33(21,29)30)27-19(28)17-5-4-16(10-26-17)32-20(22)23/h3-6,9-10,20,24-25H,7-8,11-13H2,1-2H3,(H,27,28). The van der Waals surface area contributed by atoms with Crippen molar-refractivity contribution in [2.75, 3.05) is 31.7 Å². The maximum Gasteiger partial charge on any atom is 0.387 e. The Labute approximate surface area is 190 Å². The second-order valence-corrected chi connectivity index (χ2v) is 10.6. The molecule has 12 heteroatoms. The zero-order valence-corrected chi connectivity index (χ0v) is 19.0. The highest BCUT2D eigenvalue weighted by atomic mass is 32.2. The fraction of sp³-hybridized carbons (Fsp3) is 0.429. The van der Waals surface area contributed by atoms with Gasteiger partial charge in [-0.3, -0.25) is 4.79 Å². The number of ether oxygens (including phenoxy) is 2. The first kappa shape index (κ1) is 24.8. The highest BCUT2D eigenvalue weighted by molar-refractivity contribution is 7.92. The monoisotopic (exact) mass is 484 g/mol. The molecule has 0 bridgehead atoms. The van der Waals surface area contributed by atoms with Crippen molar-refractivity contribution in [2.24, 2.45) is 0 Å². The molecule has 1 aromatic heterocycles. The van der Waals surface area contributed by atoms with E-state index in [-0.39, 0.29) is 23.7 Å². The Morgan fingerprint density at radius 1 is 1.24 bits per heavy atom. The summed E-state index contributed by atoms with van der Waals surface area (Å²) in [5, 5.41) is 8.84. The molecule has 3 rings (SSSR count). The van der Waals surface area contributed by atoms with E-state index in [1.807, 2.05) is 0 Å². The average molecular weight is 485 g/mol. The number of fused-ring (bicyclic) bond motifs is 1. The minimum Gasteiger partial charge on any atom is -0.492 e. The van der Waals surface area contributed by atoms with Gasteiger partial charge >= 0.3 is 6.61 Å². The number of nitrogens with zero attached hydrogens (tertiary/aromatic N) is 1. The molecule has 0 radical (unpaired) electrons. The van der Waals surface area contributed by atoms with Crippen molar-refractivity contribution in [1.29, 1.82) is 0 Å². The summed E-state index contributed by atoms with van der Waals surface area (Å²) in [5.74, 6) is -0.625. The highest BCUT2D eigenvalue weighted by Crippen LogP contribution is 2.29. The Balaban J connectivity index is 1.82. The first-order valence-electron chi connectivity index (χ1n) is 10.2. The molecule has 9 nitrogen and oxygen atoms in total. The summed E-state index contributed by atoms with van der Waals surface area (Å²) in [6.45, 7) is 1.94. The number of hydrogen-bond acceptors (Lipinski definition) is 8. The third-order valence-electron chi connectivity index (χ3n) is 5.04. The number of carbonyl (C=O) groups is 1. The lowest BCUT2D eigenvalue weighted by Gasteiger charge is -2.27. The molecule has 33 heavy (non-hydrogen) atoms. The molecule has 0 spiro atoms. The Bertz CT molecular complexity index is 1080. The number of hydrogen-bond donors (Lipinski definition) is 3. The number of carbonyl (C=O) groups excluding carboxylic acids is 1. The number of nitrogens with one attached hydrogen (secondary N) is 3. The smallest absolute Gasteiger partial charge is 0.387 e. The van der Waals surface area contributed by atoms with E-state index in [0.717, 1.165) is 6.20 Å². The van der Waals surface area contributed by atoms with E-state index in [0.29, 0.717) is 36.8 Å². The summed E-state index contributed by atoms with van der Waals surface area (Å²) >= 11 is 0. The molecular formula is C21H26F2N4O5S. The quantitative estimate of drug-likeness (QED) is 0.604. The number of pyridine rings is 1. The molecule has 1 aromatic carbocycles. The zero-order chi connectivity index (χ0) is 24.1.